The highest BCUT2D eigenvalue weighted by atomic mass is 16.7. The normalized spacial score (nSPS) is 18.0. The molecule has 2 aliphatic rings. The zero-order valence-corrected chi connectivity index (χ0v) is 13.5. The minimum atomic E-state index is -0.0713. The average Bonchev–Trinajstić information content (AvgIpc) is 3.02. The molecular formula is C16H22N2O5. The van der Waals surface area contributed by atoms with Crippen LogP contribution < -0.4 is 19.5 Å². The van der Waals surface area contributed by atoms with Gasteiger partial charge in [-0.25, -0.2) is 0 Å². The average molecular weight is 322 g/mol. The zero-order chi connectivity index (χ0) is 16.2. The number of nitrogens with one attached hydrogen (secondary N) is 1. The lowest BCUT2D eigenvalue weighted by atomic mass is 10.1. The molecule has 0 aromatic heterocycles. The van der Waals surface area contributed by atoms with E-state index in [1.165, 1.54) is 0 Å². The Hall–Kier alpha value is -1.99. The number of nitrogens with zero attached hydrogens (tertiary/aromatic N) is 1. The topological polar surface area (TPSA) is 69.3 Å². The van der Waals surface area contributed by atoms with E-state index in [0.29, 0.717) is 35.6 Å². The standard InChI is InChI=1S/C16H22N2O5/c1-20-11-3-5-18(6-4-11)9-16(19)17-12-7-14-15(23-10-22-14)8-13(12)21-2/h7-8,11H,3-6,9-10H2,1-2H3,(H,17,19). The molecule has 126 valence electrons. The summed E-state index contributed by atoms with van der Waals surface area (Å²) in [5.41, 5.74) is 0.591. The fourth-order valence-electron chi connectivity index (χ4n) is 2.89. The fraction of sp³-hybridized carbons (Fsp3) is 0.562. The van der Waals surface area contributed by atoms with Gasteiger partial charge in [0.15, 0.2) is 11.5 Å². The summed E-state index contributed by atoms with van der Waals surface area (Å²) in [5.74, 6) is 1.72. The number of fused-ring (bicyclic) bond motifs is 1. The Kier molecular flexibility index (Phi) is 4.88. The molecule has 1 amide bonds. The molecule has 3 rings (SSSR count). The molecule has 1 aromatic carbocycles. The van der Waals surface area contributed by atoms with Gasteiger partial charge in [0.2, 0.25) is 12.7 Å². The molecule has 0 spiro atoms. The van der Waals surface area contributed by atoms with E-state index in [4.69, 9.17) is 18.9 Å². The van der Waals surface area contributed by atoms with Crippen LogP contribution >= 0.6 is 0 Å². The molecule has 0 radical (unpaired) electrons. The number of amides is 1. The molecule has 0 aliphatic carbocycles. The molecule has 0 bridgehead atoms. The molecular weight excluding hydrogens is 300 g/mol. The third-order valence-electron chi connectivity index (χ3n) is 4.20. The van der Waals surface area contributed by atoms with E-state index in [-0.39, 0.29) is 12.7 Å². The minimum absolute atomic E-state index is 0.0713. The second kappa shape index (κ2) is 7.06. The van der Waals surface area contributed by atoms with Crippen molar-refractivity contribution in [1.82, 2.24) is 4.90 Å². The van der Waals surface area contributed by atoms with E-state index in [1.807, 2.05) is 0 Å². The van der Waals surface area contributed by atoms with Gasteiger partial charge in [0.05, 0.1) is 25.4 Å². The Bertz CT molecular complexity index is 570. The van der Waals surface area contributed by atoms with Crippen LogP contribution in [0.25, 0.3) is 0 Å². The van der Waals surface area contributed by atoms with E-state index in [0.717, 1.165) is 25.9 Å². The fourth-order valence-corrected chi connectivity index (χ4v) is 2.89. The third-order valence-corrected chi connectivity index (χ3v) is 4.20. The number of benzene rings is 1. The third kappa shape index (κ3) is 3.68. The van der Waals surface area contributed by atoms with Gasteiger partial charge in [0, 0.05) is 32.3 Å². The van der Waals surface area contributed by atoms with Crippen molar-refractivity contribution in [3.05, 3.63) is 12.1 Å². The molecule has 7 nitrogen and oxygen atoms in total. The Morgan fingerprint density at radius 2 is 1.96 bits per heavy atom. The SMILES string of the molecule is COc1cc2c(cc1NC(=O)CN1CCC(OC)CC1)OCO2. The summed E-state index contributed by atoms with van der Waals surface area (Å²) in [7, 11) is 3.29. The highest BCUT2D eigenvalue weighted by Crippen LogP contribution is 2.40. The van der Waals surface area contributed by atoms with Crippen LogP contribution in [0.5, 0.6) is 17.2 Å². The number of carbonyl (C=O) groups is 1. The first-order valence-electron chi connectivity index (χ1n) is 7.72. The largest absolute Gasteiger partial charge is 0.494 e. The number of hydrogen-bond acceptors (Lipinski definition) is 6. The number of carbonyl (C=O) groups excluding carboxylic acids is 1. The summed E-state index contributed by atoms with van der Waals surface area (Å²) in [6.07, 6.45) is 2.22. The van der Waals surface area contributed by atoms with Crippen LogP contribution in [0.2, 0.25) is 0 Å². The van der Waals surface area contributed by atoms with E-state index in [9.17, 15) is 4.79 Å². The van der Waals surface area contributed by atoms with E-state index in [1.54, 1.807) is 26.4 Å². The maximum absolute atomic E-state index is 12.3. The summed E-state index contributed by atoms with van der Waals surface area (Å²) in [5, 5.41) is 2.89. The maximum Gasteiger partial charge on any atom is 0.238 e. The summed E-state index contributed by atoms with van der Waals surface area (Å²) in [4.78, 5) is 14.4. The predicted molar refractivity (Wildman–Crippen MR) is 84.2 cm³/mol. The summed E-state index contributed by atoms with van der Waals surface area (Å²) < 4.78 is 21.3. The van der Waals surface area contributed by atoms with Crippen molar-refractivity contribution in [2.24, 2.45) is 0 Å². The van der Waals surface area contributed by atoms with Gasteiger partial charge in [-0.05, 0) is 12.8 Å². The molecule has 0 unspecified atom stereocenters. The monoisotopic (exact) mass is 322 g/mol. The van der Waals surface area contributed by atoms with Crippen molar-refractivity contribution in [3.8, 4) is 17.2 Å². The maximum atomic E-state index is 12.3. The number of piperidine rings is 1. The molecule has 1 aromatic rings. The number of methoxy groups -OCH3 is 2. The second-order valence-corrected chi connectivity index (χ2v) is 5.67. The van der Waals surface area contributed by atoms with Crippen LogP contribution in [0, 0.1) is 0 Å². The van der Waals surface area contributed by atoms with Crippen molar-refractivity contribution in [2.75, 3.05) is 46.0 Å². The van der Waals surface area contributed by atoms with E-state index >= 15 is 0 Å². The van der Waals surface area contributed by atoms with Crippen LogP contribution in [0.15, 0.2) is 12.1 Å². The summed E-state index contributed by atoms with van der Waals surface area (Å²) >= 11 is 0. The minimum Gasteiger partial charge on any atom is -0.494 e. The van der Waals surface area contributed by atoms with Crippen molar-refractivity contribution < 1.29 is 23.7 Å². The molecule has 2 heterocycles. The lowest BCUT2D eigenvalue weighted by molar-refractivity contribution is -0.117. The lowest BCUT2D eigenvalue weighted by Crippen LogP contribution is -2.41. The van der Waals surface area contributed by atoms with Crippen molar-refractivity contribution >= 4 is 11.6 Å². The number of anilines is 1. The second-order valence-electron chi connectivity index (χ2n) is 5.67. The first-order chi connectivity index (χ1) is 11.2. The molecule has 1 fully saturated rings. The lowest BCUT2D eigenvalue weighted by Gasteiger charge is -2.30. The molecule has 1 saturated heterocycles. The Morgan fingerprint density at radius 3 is 2.61 bits per heavy atom. The molecule has 7 heteroatoms. The first-order valence-corrected chi connectivity index (χ1v) is 7.72. The van der Waals surface area contributed by atoms with Gasteiger partial charge in [-0.15, -0.1) is 0 Å². The first kappa shape index (κ1) is 15.9. The van der Waals surface area contributed by atoms with Crippen molar-refractivity contribution in [2.45, 2.75) is 18.9 Å². The highest BCUT2D eigenvalue weighted by molar-refractivity contribution is 5.94. The van der Waals surface area contributed by atoms with Gasteiger partial charge < -0.3 is 24.3 Å². The van der Waals surface area contributed by atoms with Gasteiger partial charge in [-0.3, -0.25) is 9.69 Å². The van der Waals surface area contributed by atoms with E-state index < -0.39 is 0 Å². The Labute approximate surface area is 135 Å². The smallest absolute Gasteiger partial charge is 0.238 e. The molecule has 2 aliphatic heterocycles. The molecule has 0 atom stereocenters. The zero-order valence-electron chi connectivity index (χ0n) is 13.5. The van der Waals surface area contributed by atoms with Crippen LogP contribution in [0.1, 0.15) is 12.8 Å². The van der Waals surface area contributed by atoms with Gasteiger partial charge >= 0.3 is 0 Å². The summed E-state index contributed by atoms with van der Waals surface area (Å²) in [6, 6.07) is 3.46. The van der Waals surface area contributed by atoms with Gasteiger partial charge in [0.25, 0.3) is 0 Å². The molecule has 0 saturated carbocycles. The van der Waals surface area contributed by atoms with Gasteiger partial charge in [-0.2, -0.15) is 0 Å². The molecule has 1 N–H and O–H groups in total. The predicted octanol–water partition coefficient (Wildman–Crippen LogP) is 1.47. The number of likely N-dealkylation sites (tertiary alicyclic amines) is 1. The molecule has 23 heavy (non-hydrogen) atoms. The Balaban J connectivity index is 1.60. The quantitative estimate of drug-likeness (QED) is 0.885. The Morgan fingerprint density at radius 1 is 1.26 bits per heavy atom. The van der Waals surface area contributed by atoms with Gasteiger partial charge in [-0.1, -0.05) is 0 Å². The van der Waals surface area contributed by atoms with Crippen LogP contribution in [0.3, 0.4) is 0 Å². The number of hydrogen-bond donors (Lipinski definition) is 1. The highest BCUT2D eigenvalue weighted by Gasteiger charge is 2.22. The number of ether oxygens (including phenoxy) is 4. The van der Waals surface area contributed by atoms with Crippen molar-refractivity contribution in [3.63, 3.8) is 0 Å². The van der Waals surface area contributed by atoms with Crippen LogP contribution in [-0.2, 0) is 9.53 Å². The van der Waals surface area contributed by atoms with Crippen LogP contribution in [0.4, 0.5) is 5.69 Å². The summed E-state index contributed by atoms with van der Waals surface area (Å²) in [6.45, 7) is 2.27. The van der Waals surface area contributed by atoms with Gasteiger partial charge in [0.1, 0.15) is 5.75 Å². The van der Waals surface area contributed by atoms with Crippen LogP contribution in [-0.4, -0.2) is 57.6 Å². The van der Waals surface area contributed by atoms with Crippen molar-refractivity contribution in [1.29, 1.82) is 0 Å². The van der Waals surface area contributed by atoms with E-state index in [2.05, 4.69) is 10.2 Å². The number of rotatable bonds is 5.